The minimum atomic E-state index is -3.75. The predicted molar refractivity (Wildman–Crippen MR) is 145 cm³/mol. The van der Waals surface area contributed by atoms with Crippen LogP contribution in [-0.2, 0) is 26.0 Å². The van der Waals surface area contributed by atoms with Gasteiger partial charge in [0, 0.05) is 16.6 Å². The van der Waals surface area contributed by atoms with Crippen molar-refractivity contribution in [1.82, 2.24) is 10.2 Å². The molecule has 0 aromatic heterocycles. The molecule has 1 N–H and O–H groups in total. The quantitative estimate of drug-likeness (QED) is 0.465. The normalized spacial score (nSPS) is 12.7. The van der Waals surface area contributed by atoms with Crippen LogP contribution in [0.15, 0.2) is 53.0 Å². The summed E-state index contributed by atoms with van der Waals surface area (Å²) in [6.45, 7) is 9.25. The number of carbonyl (C=O) groups is 2. The van der Waals surface area contributed by atoms with Gasteiger partial charge in [-0.05, 0) is 69.9 Å². The first-order valence-electron chi connectivity index (χ1n) is 11.6. The first-order chi connectivity index (χ1) is 16.2. The third kappa shape index (κ3) is 8.65. The molecule has 9 heteroatoms. The smallest absolute Gasteiger partial charge is 0.244 e. The highest BCUT2D eigenvalue weighted by Gasteiger charge is 2.32. The van der Waals surface area contributed by atoms with E-state index in [0.717, 1.165) is 26.2 Å². The van der Waals surface area contributed by atoms with Crippen molar-refractivity contribution in [1.29, 1.82) is 0 Å². The van der Waals surface area contributed by atoms with Gasteiger partial charge in [-0.1, -0.05) is 53.2 Å². The second-order valence-electron chi connectivity index (χ2n) is 9.69. The molecule has 0 heterocycles. The molecule has 2 aromatic rings. The molecule has 0 bridgehead atoms. The van der Waals surface area contributed by atoms with Crippen LogP contribution in [0.5, 0.6) is 0 Å². The molecule has 35 heavy (non-hydrogen) atoms. The van der Waals surface area contributed by atoms with Gasteiger partial charge in [-0.15, -0.1) is 0 Å². The summed E-state index contributed by atoms with van der Waals surface area (Å²) < 4.78 is 27.3. The minimum Gasteiger partial charge on any atom is -0.350 e. The molecular weight excluding hydrogens is 530 g/mol. The van der Waals surface area contributed by atoms with Crippen LogP contribution in [-0.4, -0.2) is 56.1 Å². The third-order valence-electron chi connectivity index (χ3n) is 5.48. The summed E-state index contributed by atoms with van der Waals surface area (Å²) in [4.78, 5) is 28.3. The zero-order valence-corrected chi connectivity index (χ0v) is 23.7. The van der Waals surface area contributed by atoms with Crippen molar-refractivity contribution in [2.45, 2.75) is 59.0 Å². The van der Waals surface area contributed by atoms with Gasteiger partial charge in [-0.3, -0.25) is 13.9 Å². The lowest BCUT2D eigenvalue weighted by molar-refractivity contribution is -0.140. The third-order valence-corrected chi connectivity index (χ3v) is 7.51. The van der Waals surface area contributed by atoms with Gasteiger partial charge in [-0.2, -0.15) is 0 Å². The van der Waals surface area contributed by atoms with Crippen molar-refractivity contribution in [3.05, 3.63) is 64.1 Å². The SMILES string of the molecule is CC[C@H](C(=O)NC(C)(C)C)N(CCc1ccccc1)C(=O)CN(c1ccc(Br)c(C)c1)S(C)(=O)=O. The molecule has 2 rings (SSSR count). The average molecular weight is 567 g/mol. The van der Waals surface area contributed by atoms with Crippen LogP contribution in [0.25, 0.3) is 0 Å². The van der Waals surface area contributed by atoms with E-state index in [4.69, 9.17) is 0 Å². The molecule has 7 nitrogen and oxygen atoms in total. The molecule has 0 saturated carbocycles. The topological polar surface area (TPSA) is 86.8 Å². The molecule has 0 spiro atoms. The molecule has 0 fully saturated rings. The van der Waals surface area contributed by atoms with E-state index in [9.17, 15) is 18.0 Å². The van der Waals surface area contributed by atoms with Crippen LogP contribution in [0.2, 0.25) is 0 Å². The van der Waals surface area contributed by atoms with E-state index in [1.54, 1.807) is 18.2 Å². The summed E-state index contributed by atoms with van der Waals surface area (Å²) in [6.07, 6.45) is 2.02. The number of hydrogen-bond acceptors (Lipinski definition) is 4. The summed E-state index contributed by atoms with van der Waals surface area (Å²) in [5.74, 6) is -0.686. The van der Waals surface area contributed by atoms with Gasteiger partial charge >= 0.3 is 0 Å². The molecule has 1 atom stereocenters. The van der Waals surface area contributed by atoms with E-state index in [-0.39, 0.29) is 12.5 Å². The highest BCUT2D eigenvalue weighted by molar-refractivity contribution is 9.10. The van der Waals surface area contributed by atoms with Gasteiger partial charge in [0.1, 0.15) is 12.6 Å². The highest BCUT2D eigenvalue weighted by atomic mass is 79.9. The van der Waals surface area contributed by atoms with Crippen molar-refractivity contribution < 1.29 is 18.0 Å². The van der Waals surface area contributed by atoms with Crippen molar-refractivity contribution >= 4 is 43.5 Å². The monoisotopic (exact) mass is 565 g/mol. The molecule has 2 amide bonds. The molecule has 0 saturated heterocycles. The molecule has 0 aliphatic rings. The number of amides is 2. The van der Waals surface area contributed by atoms with Crippen molar-refractivity contribution in [2.24, 2.45) is 0 Å². The Morgan fingerprint density at radius 1 is 1.09 bits per heavy atom. The Kier molecular flexibility index (Phi) is 9.92. The molecule has 192 valence electrons. The van der Waals surface area contributed by atoms with Crippen LogP contribution < -0.4 is 9.62 Å². The number of carbonyl (C=O) groups excluding carboxylic acids is 2. The van der Waals surface area contributed by atoms with Gasteiger partial charge in [-0.25, -0.2) is 8.42 Å². The number of hydrogen-bond donors (Lipinski definition) is 1. The summed E-state index contributed by atoms with van der Waals surface area (Å²) in [7, 11) is -3.75. The number of anilines is 1. The van der Waals surface area contributed by atoms with Gasteiger partial charge in [0.2, 0.25) is 21.8 Å². The molecule has 0 radical (unpaired) electrons. The first kappa shape index (κ1) is 28.8. The maximum absolute atomic E-state index is 13.6. The maximum atomic E-state index is 13.6. The Labute approximate surface area is 218 Å². The van der Waals surface area contributed by atoms with Crippen LogP contribution in [0.4, 0.5) is 5.69 Å². The van der Waals surface area contributed by atoms with E-state index >= 15 is 0 Å². The Hall–Kier alpha value is -2.39. The predicted octanol–water partition coefficient (Wildman–Crippen LogP) is 4.29. The average Bonchev–Trinajstić information content (AvgIpc) is 2.75. The van der Waals surface area contributed by atoms with E-state index in [2.05, 4.69) is 21.2 Å². The molecule has 0 aliphatic heterocycles. The summed E-state index contributed by atoms with van der Waals surface area (Å²) >= 11 is 3.43. The van der Waals surface area contributed by atoms with Crippen molar-refractivity contribution in [3.63, 3.8) is 0 Å². The van der Waals surface area contributed by atoms with Crippen LogP contribution in [0.1, 0.15) is 45.2 Å². The molecule has 0 unspecified atom stereocenters. The summed E-state index contributed by atoms with van der Waals surface area (Å²) in [5, 5.41) is 2.96. The first-order valence-corrected chi connectivity index (χ1v) is 14.3. The van der Waals surface area contributed by atoms with E-state index in [1.807, 2.05) is 65.0 Å². The number of benzene rings is 2. The van der Waals surface area contributed by atoms with Crippen molar-refractivity contribution in [3.8, 4) is 0 Å². The Bertz CT molecular complexity index is 1130. The number of sulfonamides is 1. The van der Waals surface area contributed by atoms with Crippen molar-refractivity contribution in [2.75, 3.05) is 23.7 Å². The zero-order chi connectivity index (χ0) is 26.4. The van der Waals surface area contributed by atoms with Crippen LogP contribution in [0.3, 0.4) is 0 Å². The van der Waals surface area contributed by atoms with Crippen LogP contribution >= 0.6 is 15.9 Å². The van der Waals surface area contributed by atoms with E-state index in [0.29, 0.717) is 18.5 Å². The number of nitrogens with zero attached hydrogens (tertiary/aromatic N) is 2. The standard InChI is InChI=1S/C26H36BrN3O4S/c1-7-23(25(32)28-26(3,4)5)29(16-15-20-11-9-8-10-12-20)24(31)18-30(35(6,33)34)21-13-14-22(27)19(2)17-21/h8-14,17,23H,7,15-16,18H2,1-6H3,(H,28,32)/t23-/m1/s1. The Balaban J connectivity index is 2.40. The number of nitrogens with one attached hydrogen (secondary N) is 1. The van der Waals surface area contributed by atoms with Gasteiger partial charge in [0.15, 0.2) is 0 Å². The zero-order valence-electron chi connectivity index (χ0n) is 21.3. The fourth-order valence-corrected chi connectivity index (χ4v) is 4.83. The highest BCUT2D eigenvalue weighted by Crippen LogP contribution is 2.25. The number of aryl methyl sites for hydroxylation is 1. The Morgan fingerprint density at radius 3 is 2.23 bits per heavy atom. The lowest BCUT2D eigenvalue weighted by atomic mass is 10.1. The number of rotatable bonds is 10. The largest absolute Gasteiger partial charge is 0.350 e. The Morgan fingerprint density at radius 2 is 1.71 bits per heavy atom. The van der Waals surface area contributed by atoms with Crippen LogP contribution in [0, 0.1) is 6.92 Å². The van der Waals surface area contributed by atoms with Gasteiger partial charge in [0.25, 0.3) is 0 Å². The fourth-order valence-electron chi connectivity index (χ4n) is 3.75. The molecule has 0 aliphatic carbocycles. The maximum Gasteiger partial charge on any atom is 0.244 e. The lowest BCUT2D eigenvalue weighted by Crippen LogP contribution is -2.56. The van der Waals surface area contributed by atoms with Gasteiger partial charge < -0.3 is 10.2 Å². The second kappa shape index (κ2) is 12.0. The lowest BCUT2D eigenvalue weighted by Gasteiger charge is -2.34. The summed E-state index contributed by atoms with van der Waals surface area (Å²) in [5.41, 5.74) is 1.81. The second-order valence-corrected chi connectivity index (χ2v) is 12.5. The summed E-state index contributed by atoms with van der Waals surface area (Å²) in [6, 6.07) is 14.1. The van der Waals surface area contributed by atoms with E-state index < -0.39 is 34.1 Å². The minimum absolute atomic E-state index is 0.258. The van der Waals surface area contributed by atoms with E-state index in [1.165, 1.54) is 4.90 Å². The molecule has 2 aromatic carbocycles. The van der Waals surface area contributed by atoms with Gasteiger partial charge in [0.05, 0.1) is 11.9 Å². The number of halogens is 1. The fraction of sp³-hybridized carbons (Fsp3) is 0.462. The molecular formula is C26H36BrN3O4S.